The Kier molecular flexibility index (Phi) is 6.42. The van der Waals surface area contributed by atoms with Gasteiger partial charge in [0.2, 0.25) is 17.7 Å². The van der Waals surface area contributed by atoms with Gasteiger partial charge in [-0.25, -0.2) is 0 Å². The Labute approximate surface area is 164 Å². The van der Waals surface area contributed by atoms with Gasteiger partial charge in [-0.2, -0.15) is 0 Å². The molecule has 0 aromatic heterocycles. The summed E-state index contributed by atoms with van der Waals surface area (Å²) in [5.74, 6) is -1.22. The van der Waals surface area contributed by atoms with E-state index >= 15 is 0 Å². The van der Waals surface area contributed by atoms with E-state index in [2.05, 4.69) is 5.32 Å². The Balaban J connectivity index is 1.63. The van der Waals surface area contributed by atoms with E-state index in [-0.39, 0.29) is 24.8 Å². The first kappa shape index (κ1) is 19.6. The highest BCUT2D eigenvalue weighted by atomic mass is 16.2. The van der Waals surface area contributed by atoms with Gasteiger partial charge in [0.25, 0.3) is 0 Å². The van der Waals surface area contributed by atoms with E-state index < -0.39 is 17.9 Å². The van der Waals surface area contributed by atoms with Gasteiger partial charge in [0.15, 0.2) is 0 Å². The summed E-state index contributed by atoms with van der Waals surface area (Å²) in [7, 11) is 0. The standard InChI is InChI=1S/C22H25N3O3/c23-21(27)18-12-7-15-25(18)19(26)13-14-24-22(28)20(16-8-3-1-4-9-16)17-10-5-2-6-11-17/h1-6,8-11,18,20H,7,12-15H2,(H2,23,27)(H,24,28). The molecule has 1 unspecified atom stereocenters. The van der Waals surface area contributed by atoms with E-state index in [1.807, 2.05) is 60.7 Å². The van der Waals surface area contributed by atoms with E-state index in [1.165, 1.54) is 4.90 Å². The average Bonchev–Trinajstić information content (AvgIpc) is 3.20. The lowest BCUT2D eigenvalue weighted by atomic mass is 9.90. The molecule has 28 heavy (non-hydrogen) atoms. The summed E-state index contributed by atoms with van der Waals surface area (Å²) < 4.78 is 0. The zero-order valence-corrected chi connectivity index (χ0v) is 15.7. The summed E-state index contributed by atoms with van der Waals surface area (Å²) in [6, 6.07) is 18.6. The van der Waals surface area contributed by atoms with E-state index in [0.717, 1.165) is 17.5 Å². The fourth-order valence-corrected chi connectivity index (χ4v) is 3.69. The molecule has 6 heteroatoms. The zero-order chi connectivity index (χ0) is 19.9. The number of likely N-dealkylation sites (tertiary alicyclic amines) is 1. The Bertz CT molecular complexity index is 784. The zero-order valence-electron chi connectivity index (χ0n) is 15.7. The highest BCUT2D eigenvalue weighted by Crippen LogP contribution is 2.24. The third-order valence-corrected chi connectivity index (χ3v) is 5.07. The third-order valence-electron chi connectivity index (χ3n) is 5.07. The Morgan fingerprint density at radius 1 is 1.00 bits per heavy atom. The van der Waals surface area contributed by atoms with Crippen molar-refractivity contribution in [2.45, 2.75) is 31.2 Å². The van der Waals surface area contributed by atoms with Crippen LogP contribution >= 0.6 is 0 Å². The lowest BCUT2D eigenvalue weighted by Crippen LogP contribution is -2.44. The van der Waals surface area contributed by atoms with Crippen LogP contribution in [0, 0.1) is 0 Å². The van der Waals surface area contributed by atoms with Gasteiger partial charge in [0.1, 0.15) is 6.04 Å². The maximum Gasteiger partial charge on any atom is 0.240 e. The molecule has 146 valence electrons. The average molecular weight is 379 g/mol. The van der Waals surface area contributed by atoms with Crippen LogP contribution in [0.1, 0.15) is 36.3 Å². The molecule has 3 N–H and O–H groups in total. The fraction of sp³-hybridized carbons (Fsp3) is 0.318. The largest absolute Gasteiger partial charge is 0.368 e. The highest BCUT2D eigenvalue weighted by Gasteiger charge is 2.32. The van der Waals surface area contributed by atoms with Crippen molar-refractivity contribution in [3.8, 4) is 0 Å². The number of carbonyl (C=O) groups excluding carboxylic acids is 3. The molecule has 0 bridgehead atoms. The normalized spacial score (nSPS) is 16.2. The lowest BCUT2D eigenvalue weighted by Gasteiger charge is -2.22. The van der Waals surface area contributed by atoms with Crippen molar-refractivity contribution in [1.82, 2.24) is 10.2 Å². The molecule has 6 nitrogen and oxygen atoms in total. The van der Waals surface area contributed by atoms with Crippen LogP contribution in [0.25, 0.3) is 0 Å². The summed E-state index contributed by atoms with van der Waals surface area (Å²) >= 11 is 0. The minimum Gasteiger partial charge on any atom is -0.368 e. The second-order valence-corrected chi connectivity index (χ2v) is 6.94. The van der Waals surface area contributed by atoms with Gasteiger partial charge in [0.05, 0.1) is 5.92 Å². The number of carbonyl (C=O) groups is 3. The maximum absolute atomic E-state index is 12.9. The molecule has 0 spiro atoms. The number of nitrogens with one attached hydrogen (secondary N) is 1. The summed E-state index contributed by atoms with van der Waals surface area (Å²) in [4.78, 5) is 38.3. The van der Waals surface area contributed by atoms with E-state index in [9.17, 15) is 14.4 Å². The van der Waals surface area contributed by atoms with Crippen LogP contribution in [0.2, 0.25) is 0 Å². The first-order valence-corrected chi connectivity index (χ1v) is 9.54. The van der Waals surface area contributed by atoms with Gasteiger partial charge in [0, 0.05) is 19.5 Å². The van der Waals surface area contributed by atoms with Crippen LogP contribution in [0.15, 0.2) is 60.7 Å². The number of nitrogens with zero attached hydrogens (tertiary/aromatic N) is 1. The molecule has 3 amide bonds. The molecule has 1 aliphatic heterocycles. The maximum atomic E-state index is 12.9. The monoisotopic (exact) mass is 379 g/mol. The number of amides is 3. The quantitative estimate of drug-likeness (QED) is 0.768. The van der Waals surface area contributed by atoms with Crippen molar-refractivity contribution < 1.29 is 14.4 Å². The van der Waals surface area contributed by atoms with Crippen LogP contribution in [-0.4, -0.2) is 41.8 Å². The molecule has 1 atom stereocenters. The predicted octanol–water partition coefficient (Wildman–Crippen LogP) is 1.80. The minimum atomic E-state index is -0.524. The number of rotatable bonds is 7. The number of hydrogen-bond donors (Lipinski definition) is 2. The van der Waals surface area contributed by atoms with Gasteiger partial charge in [-0.3, -0.25) is 14.4 Å². The van der Waals surface area contributed by atoms with Crippen LogP contribution in [0.5, 0.6) is 0 Å². The van der Waals surface area contributed by atoms with Gasteiger partial charge >= 0.3 is 0 Å². The number of hydrogen-bond acceptors (Lipinski definition) is 3. The molecule has 3 rings (SSSR count). The van der Waals surface area contributed by atoms with Gasteiger partial charge < -0.3 is 16.0 Å². The van der Waals surface area contributed by atoms with Crippen molar-refractivity contribution in [2.24, 2.45) is 5.73 Å². The minimum absolute atomic E-state index is 0.145. The van der Waals surface area contributed by atoms with Crippen molar-refractivity contribution in [1.29, 1.82) is 0 Å². The molecule has 1 aliphatic rings. The van der Waals surface area contributed by atoms with Crippen molar-refractivity contribution >= 4 is 17.7 Å². The molecule has 2 aromatic carbocycles. The number of benzene rings is 2. The van der Waals surface area contributed by atoms with E-state index in [0.29, 0.717) is 13.0 Å². The highest BCUT2D eigenvalue weighted by molar-refractivity contribution is 5.89. The predicted molar refractivity (Wildman–Crippen MR) is 106 cm³/mol. The van der Waals surface area contributed by atoms with E-state index in [1.54, 1.807) is 0 Å². The molecular formula is C22H25N3O3. The first-order chi connectivity index (χ1) is 13.6. The summed E-state index contributed by atoms with van der Waals surface area (Å²) in [6.07, 6.45) is 1.53. The van der Waals surface area contributed by atoms with Gasteiger partial charge in [-0.1, -0.05) is 60.7 Å². The molecule has 2 aromatic rings. The number of nitrogens with two attached hydrogens (primary N) is 1. The second kappa shape index (κ2) is 9.17. The molecule has 1 saturated heterocycles. The summed E-state index contributed by atoms with van der Waals surface area (Å²) in [5, 5.41) is 2.88. The second-order valence-electron chi connectivity index (χ2n) is 6.94. The van der Waals surface area contributed by atoms with Crippen LogP contribution in [0.4, 0.5) is 0 Å². The van der Waals surface area contributed by atoms with Crippen molar-refractivity contribution in [3.05, 3.63) is 71.8 Å². The van der Waals surface area contributed by atoms with Crippen LogP contribution in [0.3, 0.4) is 0 Å². The molecule has 0 aliphatic carbocycles. The SMILES string of the molecule is NC(=O)C1CCCN1C(=O)CCNC(=O)C(c1ccccc1)c1ccccc1. The fourth-order valence-electron chi connectivity index (χ4n) is 3.69. The Hall–Kier alpha value is -3.15. The molecule has 0 radical (unpaired) electrons. The van der Waals surface area contributed by atoms with Gasteiger partial charge in [-0.15, -0.1) is 0 Å². The molecular weight excluding hydrogens is 354 g/mol. The summed E-state index contributed by atoms with van der Waals surface area (Å²) in [5.41, 5.74) is 7.16. The lowest BCUT2D eigenvalue weighted by molar-refractivity contribution is -0.137. The smallest absolute Gasteiger partial charge is 0.240 e. The first-order valence-electron chi connectivity index (χ1n) is 9.54. The molecule has 1 heterocycles. The van der Waals surface area contributed by atoms with Crippen LogP contribution in [-0.2, 0) is 14.4 Å². The van der Waals surface area contributed by atoms with Crippen molar-refractivity contribution in [3.63, 3.8) is 0 Å². The Morgan fingerprint density at radius 2 is 1.57 bits per heavy atom. The summed E-state index contributed by atoms with van der Waals surface area (Å²) in [6.45, 7) is 0.757. The molecule has 1 fully saturated rings. The number of primary amides is 1. The topological polar surface area (TPSA) is 92.5 Å². The Morgan fingerprint density at radius 3 is 2.11 bits per heavy atom. The van der Waals surface area contributed by atoms with Crippen molar-refractivity contribution in [2.75, 3.05) is 13.1 Å². The molecule has 0 saturated carbocycles. The van der Waals surface area contributed by atoms with Crippen LogP contribution < -0.4 is 11.1 Å². The van der Waals surface area contributed by atoms with Gasteiger partial charge in [-0.05, 0) is 24.0 Å². The third kappa shape index (κ3) is 4.57. The van der Waals surface area contributed by atoms with E-state index in [4.69, 9.17) is 5.73 Å².